The first kappa shape index (κ1) is 28.5. The molecule has 1 aliphatic rings. The van der Waals surface area contributed by atoms with Gasteiger partial charge in [-0.15, -0.1) is 0 Å². The van der Waals surface area contributed by atoms with Gasteiger partial charge in [-0.2, -0.15) is 13.2 Å². The zero-order valence-electron chi connectivity index (χ0n) is 19.5. The van der Waals surface area contributed by atoms with E-state index in [0.29, 0.717) is 16.7 Å². The second-order valence-corrected chi connectivity index (χ2v) is 9.35. The summed E-state index contributed by atoms with van der Waals surface area (Å²) in [6.07, 6.45) is -5.20. The predicted molar refractivity (Wildman–Crippen MR) is 132 cm³/mol. The highest BCUT2D eigenvalue weighted by molar-refractivity contribution is 6.33. The molecular weight excluding hydrogens is 536 g/mol. The van der Waals surface area contributed by atoms with E-state index in [0.717, 1.165) is 12.1 Å². The summed E-state index contributed by atoms with van der Waals surface area (Å²) < 4.78 is 43.9. The molecule has 0 aromatic heterocycles. The third-order valence-electron chi connectivity index (χ3n) is 6.14. The Morgan fingerprint density at radius 2 is 1.73 bits per heavy atom. The summed E-state index contributed by atoms with van der Waals surface area (Å²) in [6, 6.07) is 9.45. The van der Waals surface area contributed by atoms with Crippen molar-refractivity contribution < 1.29 is 32.3 Å². The molecule has 2 aromatic rings. The fraction of sp³-hybridized carbons (Fsp3) is 0.375. The van der Waals surface area contributed by atoms with Gasteiger partial charge in [0.05, 0.1) is 28.2 Å². The molecule has 37 heavy (non-hydrogen) atoms. The number of hydrogen-bond acceptors (Lipinski definition) is 5. The minimum Gasteiger partial charge on any atom is -0.448 e. The number of nitrogens with zero attached hydrogens (tertiary/aromatic N) is 1. The number of alkyl halides is 3. The van der Waals surface area contributed by atoms with Crippen molar-refractivity contribution in [1.82, 2.24) is 10.2 Å². The number of likely N-dealkylation sites (tertiary alicyclic amines) is 1. The van der Waals surface area contributed by atoms with Crippen LogP contribution in [0.5, 0.6) is 0 Å². The van der Waals surface area contributed by atoms with Crippen molar-refractivity contribution in [3.8, 4) is 0 Å². The number of anilines is 1. The maximum Gasteiger partial charge on any atom is 0.416 e. The molecule has 3 amide bonds. The van der Waals surface area contributed by atoms with Crippen LogP contribution in [-0.2, 0) is 27.0 Å². The predicted octanol–water partition coefficient (Wildman–Crippen LogP) is 4.44. The van der Waals surface area contributed by atoms with Crippen LogP contribution in [0.2, 0.25) is 10.0 Å². The lowest BCUT2D eigenvalue weighted by molar-refractivity contribution is -0.142. The van der Waals surface area contributed by atoms with E-state index < -0.39 is 29.2 Å². The summed E-state index contributed by atoms with van der Waals surface area (Å²) in [5.74, 6) is -0.659. The van der Waals surface area contributed by atoms with Crippen molar-refractivity contribution >= 4 is 46.8 Å². The molecule has 0 spiro atoms. The van der Waals surface area contributed by atoms with Crippen molar-refractivity contribution in [2.24, 2.45) is 11.1 Å². The molecule has 3 rings (SSSR count). The van der Waals surface area contributed by atoms with Gasteiger partial charge in [0.15, 0.2) is 0 Å². The summed E-state index contributed by atoms with van der Waals surface area (Å²) in [5, 5.41) is 5.27. The number of nitrogens with two attached hydrogens (primary N) is 1. The van der Waals surface area contributed by atoms with Gasteiger partial charge in [0, 0.05) is 24.7 Å². The van der Waals surface area contributed by atoms with Crippen molar-refractivity contribution in [2.75, 3.05) is 31.6 Å². The molecule has 0 bridgehead atoms. The fourth-order valence-corrected chi connectivity index (χ4v) is 4.33. The van der Waals surface area contributed by atoms with E-state index in [1.54, 1.807) is 24.3 Å². The average Bonchev–Trinajstić information content (AvgIpc) is 2.87. The summed E-state index contributed by atoms with van der Waals surface area (Å²) in [7, 11) is 0. The van der Waals surface area contributed by atoms with Gasteiger partial charge < -0.3 is 20.7 Å². The smallest absolute Gasteiger partial charge is 0.416 e. The molecule has 8 nitrogen and oxygen atoms in total. The van der Waals surface area contributed by atoms with Crippen LogP contribution in [0.25, 0.3) is 0 Å². The Morgan fingerprint density at radius 1 is 1.05 bits per heavy atom. The van der Waals surface area contributed by atoms with Crippen LogP contribution in [0, 0.1) is 5.41 Å². The molecule has 1 aliphatic heterocycles. The first-order chi connectivity index (χ1) is 17.4. The third kappa shape index (κ3) is 7.27. The Bertz CT molecular complexity index is 1160. The van der Waals surface area contributed by atoms with Crippen LogP contribution >= 0.6 is 23.2 Å². The monoisotopic (exact) mass is 560 g/mol. The zero-order chi connectivity index (χ0) is 27.2. The van der Waals surface area contributed by atoms with Gasteiger partial charge in [-0.25, -0.2) is 4.79 Å². The highest BCUT2D eigenvalue weighted by atomic mass is 35.5. The van der Waals surface area contributed by atoms with Gasteiger partial charge in [-0.05, 0) is 42.7 Å². The van der Waals surface area contributed by atoms with E-state index >= 15 is 0 Å². The molecule has 0 aliphatic carbocycles. The van der Waals surface area contributed by atoms with Crippen LogP contribution in [0.3, 0.4) is 0 Å². The van der Waals surface area contributed by atoms with Gasteiger partial charge in [0.2, 0.25) is 11.8 Å². The first-order valence-corrected chi connectivity index (χ1v) is 12.0. The molecule has 0 radical (unpaired) electrons. The summed E-state index contributed by atoms with van der Waals surface area (Å²) >= 11 is 12.1. The quantitative estimate of drug-likeness (QED) is 0.463. The Balaban J connectivity index is 1.69. The number of nitrogens with one attached hydrogen (secondary N) is 2. The molecule has 4 N–H and O–H groups in total. The number of rotatable bonds is 7. The second kappa shape index (κ2) is 12.0. The number of benzene rings is 2. The minimum atomic E-state index is -4.59. The molecule has 1 fully saturated rings. The van der Waals surface area contributed by atoms with E-state index in [1.807, 2.05) is 0 Å². The zero-order valence-corrected chi connectivity index (χ0v) is 21.1. The van der Waals surface area contributed by atoms with E-state index in [4.69, 9.17) is 33.7 Å². The lowest BCUT2D eigenvalue weighted by Crippen LogP contribution is -2.53. The lowest BCUT2D eigenvalue weighted by Gasteiger charge is -2.40. The Hall–Kier alpha value is -3.02. The normalized spacial score (nSPS) is 15.1. The van der Waals surface area contributed by atoms with Crippen LogP contribution in [0.15, 0.2) is 42.5 Å². The number of halogens is 5. The lowest BCUT2D eigenvalue weighted by atomic mass is 9.78. The first-order valence-electron chi connectivity index (χ1n) is 11.3. The number of amides is 3. The highest BCUT2D eigenvalue weighted by Crippen LogP contribution is 2.35. The Kier molecular flexibility index (Phi) is 9.27. The number of hydrogen-bond donors (Lipinski definition) is 3. The van der Waals surface area contributed by atoms with Crippen molar-refractivity contribution in [2.45, 2.75) is 25.6 Å². The average molecular weight is 561 g/mol. The molecule has 200 valence electrons. The van der Waals surface area contributed by atoms with E-state index in [9.17, 15) is 27.6 Å². The topological polar surface area (TPSA) is 114 Å². The number of ether oxygens (including phenoxy) is 1. The molecule has 2 aromatic carbocycles. The van der Waals surface area contributed by atoms with E-state index in [-0.39, 0.29) is 62.2 Å². The van der Waals surface area contributed by atoms with Crippen LogP contribution in [-0.4, -0.2) is 49.0 Å². The standard InChI is InChI=1S/C24H25Cl2F3N4O4/c25-17-4-2-1-3-15(17)13-31-21(35)23(7-9-33(10-8-23)20(34)12-30)14-37-22(36)32-19-6-5-16(11-18(19)26)24(27,28)29/h1-6,11H,7-10,12-14,30H2,(H,31,35)(H,32,36). The van der Waals surface area contributed by atoms with Gasteiger partial charge >= 0.3 is 12.3 Å². The van der Waals surface area contributed by atoms with Gasteiger partial charge in [0.1, 0.15) is 6.61 Å². The largest absolute Gasteiger partial charge is 0.448 e. The molecule has 0 unspecified atom stereocenters. The number of carbonyl (C=O) groups is 3. The minimum absolute atomic E-state index is 0.0831. The summed E-state index contributed by atoms with van der Waals surface area (Å²) in [6.45, 7) is 0.0875. The van der Waals surface area contributed by atoms with Crippen molar-refractivity contribution in [1.29, 1.82) is 0 Å². The maximum atomic E-state index is 13.3. The molecular formula is C24H25Cl2F3N4O4. The van der Waals surface area contributed by atoms with Gasteiger partial charge in [-0.3, -0.25) is 14.9 Å². The molecule has 0 saturated carbocycles. The molecule has 13 heteroatoms. The highest BCUT2D eigenvalue weighted by Gasteiger charge is 2.43. The molecule has 1 saturated heterocycles. The number of piperidine rings is 1. The molecule has 1 heterocycles. The van der Waals surface area contributed by atoms with E-state index in [1.165, 1.54) is 4.90 Å². The van der Waals surface area contributed by atoms with Crippen LogP contribution in [0.4, 0.5) is 23.7 Å². The summed E-state index contributed by atoms with van der Waals surface area (Å²) in [5.41, 5.74) is 3.92. The molecule has 0 atom stereocenters. The van der Waals surface area contributed by atoms with Crippen molar-refractivity contribution in [3.05, 3.63) is 63.6 Å². The number of carbonyl (C=O) groups excluding carboxylic acids is 3. The SMILES string of the molecule is NCC(=O)N1CCC(COC(=O)Nc2ccc(C(F)(F)F)cc2Cl)(C(=O)NCc2ccccc2Cl)CC1. The fourth-order valence-electron chi connectivity index (χ4n) is 3.90. The third-order valence-corrected chi connectivity index (χ3v) is 6.82. The second-order valence-electron chi connectivity index (χ2n) is 8.53. The Morgan fingerprint density at radius 3 is 2.32 bits per heavy atom. The van der Waals surface area contributed by atoms with Gasteiger partial charge in [0.25, 0.3) is 0 Å². The maximum absolute atomic E-state index is 13.3. The Labute approximate surface area is 221 Å². The van der Waals surface area contributed by atoms with Crippen LogP contribution in [0.1, 0.15) is 24.0 Å². The van der Waals surface area contributed by atoms with Crippen molar-refractivity contribution in [3.63, 3.8) is 0 Å². The van der Waals surface area contributed by atoms with E-state index in [2.05, 4.69) is 10.6 Å². The summed E-state index contributed by atoms with van der Waals surface area (Å²) in [4.78, 5) is 39.3. The van der Waals surface area contributed by atoms with Gasteiger partial charge in [-0.1, -0.05) is 41.4 Å². The van der Waals surface area contributed by atoms with Crippen LogP contribution < -0.4 is 16.4 Å².